The van der Waals surface area contributed by atoms with E-state index < -0.39 is 10.2 Å². The molecule has 1 aromatic heterocycles. The van der Waals surface area contributed by atoms with Crippen LogP contribution in [0.15, 0.2) is 6.33 Å². The van der Waals surface area contributed by atoms with E-state index in [1.165, 1.54) is 4.31 Å². The molecule has 0 aromatic carbocycles. The van der Waals surface area contributed by atoms with Gasteiger partial charge in [0.25, 0.3) is 10.2 Å². The van der Waals surface area contributed by atoms with E-state index in [1.807, 2.05) is 14.0 Å². The topological polar surface area (TPSA) is 92.1 Å². The van der Waals surface area contributed by atoms with E-state index in [-0.39, 0.29) is 6.54 Å². The van der Waals surface area contributed by atoms with Crippen LogP contribution in [0.3, 0.4) is 0 Å². The van der Waals surface area contributed by atoms with Crippen LogP contribution in [0.4, 0.5) is 0 Å². The minimum absolute atomic E-state index is 0.145. The van der Waals surface area contributed by atoms with E-state index in [0.29, 0.717) is 18.9 Å². The molecular formula is C10H22N6O2S. The third-order valence-electron chi connectivity index (χ3n) is 2.76. The fourth-order valence-corrected chi connectivity index (χ4v) is 2.45. The Kier molecular flexibility index (Phi) is 6.35. The molecule has 1 heterocycles. The number of nitrogens with zero attached hydrogens (tertiary/aromatic N) is 4. The molecule has 110 valence electrons. The molecule has 0 unspecified atom stereocenters. The molecule has 0 bridgehead atoms. The molecule has 9 heteroatoms. The first-order chi connectivity index (χ1) is 9.01. The summed E-state index contributed by atoms with van der Waals surface area (Å²) in [5, 5.41) is 10.6. The molecule has 0 aliphatic carbocycles. The lowest BCUT2D eigenvalue weighted by molar-refractivity contribution is 0.446. The van der Waals surface area contributed by atoms with Crippen molar-refractivity contribution in [1.82, 2.24) is 29.1 Å². The maximum absolute atomic E-state index is 12.0. The Morgan fingerprint density at radius 3 is 2.84 bits per heavy atom. The van der Waals surface area contributed by atoms with Crippen LogP contribution in [-0.4, -0.2) is 54.7 Å². The van der Waals surface area contributed by atoms with Crippen molar-refractivity contribution in [2.24, 2.45) is 0 Å². The van der Waals surface area contributed by atoms with Gasteiger partial charge in [-0.2, -0.15) is 17.4 Å². The van der Waals surface area contributed by atoms with Crippen molar-refractivity contribution in [2.75, 3.05) is 27.2 Å². The van der Waals surface area contributed by atoms with Crippen LogP contribution < -0.4 is 10.0 Å². The Labute approximate surface area is 114 Å². The summed E-state index contributed by atoms with van der Waals surface area (Å²) in [6, 6.07) is 0. The normalized spacial score (nSPS) is 12.2. The maximum atomic E-state index is 12.0. The average molecular weight is 290 g/mol. The van der Waals surface area contributed by atoms with Crippen LogP contribution in [0.5, 0.6) is 0 Å². The first-order valence-electron chi connectivity index (χ1n) is 6.23. The second-order valence-corrected chi connectivity index (χ2v) is 6.00. The lowest BCUT2D eigenvalue weighted by atomic mass is 10.4. The minimum Gasteiger partial charge on any atom is -0.320 e. The summed E-state index contributed by atoms with van der Waals surface area (Å²) in [6.07, 6.45) is 2.35. The van der Waals surface area contributed by atoms with Crippen LogP contribution in [-0.2, 0) is 23.3 Å². The highest BCUT2D eigenvalue weighted by Gasteiger charge is 2.17. The molecule has 0 saturated heterocycles. The van der Waals surface area contributed by atoms with Crippen LogP contribution >= 0.6 is 0 Å². The second-order valence-electron chi connectivity index (χ2n) is 4.14. The van der Waals surface area contributed by atoms with Crippen molar-refractivity contribution in [3.05, 3.63) is 12.2 Å². The second kappa shape index (κ2) is 7.53. The standard InChI is InChI=1S/C10H22N6O2S/c1-4-16-9-12-14-10(16)8-13-19(17,18)15(3)7-5-6-11-2/h9,11,13H,4-8H2,1-3H3. The van der Waals surface area contributed by atoms with E-state index in [2.05, 4.69) is 20.2 Å². The molecule has 0 fully saturated rings. The molecule has 0 aliphatic rings. The van der Waals surface area contributed by atoms with E-state index >= 15 is 0 Å². The van der Waals surface area contributed by atoms with Gasteiger partial charge in [-0.05, 0) is 26.9 Å². The zero-order valence-electron chi connectivity index (χ0n) is 11.6. The largest absolute Gasteiger partial charge is 0.320 e. The highest BCUT2D eigenvalue weighted by molar-refractivity contribution is 7.87. The third kappa shape index (κ3) is 4.86. The van der Waals surface area contributed by atoms with Gasteiger partial charge in [-0.15, -0.1) is 10.2 Å². The molecule has 19 heavy (non-hydrogen) atoms. The summed E-state index contributed by atoms with van der Waals surface area (Å²) in [4.78, 5) is 0. The summed E-state index contributed by atoms with van der Waals surface area (Å²) >= 11 is 0. The van der Waals surface area contributed by atoms with Gasteiger partial charge >= 0.3 is 0 Å². The Balaban J connectivity index is 2.50. The zero-order valence-corrected chi connectivity index (χ0v) is 12.4. The summed E-state index contributed by atoms with van der Waals surface area (Å²) in [5.74, 6) is 0.606. The number of hydrogen-bond donors (Lipinski definition) is 2. The Bertz CT molecular complexity index is 472. The van der Waals surface area contributed by atoms with E-state index in [0.717, 1.165) is 13.0 Å². The van der Waals surface area contributed by atoms with Gasteiger partial charge in [0, 0.05) is 20.1 Å². The summed E-state index contributed by atoms with van der Waals surface area (Å²) in [6.45, 7) is 4.06. The average Bonchev–Trinajstić information content (AvgIpc) is 2.84. The zero-order chi connectivity index (χ0) is 14.3. The lowest BCUT2D eigenvalue weighted by Crippen LogP contribution is -2.39. The molecule has 8 nitrogen and oxygen atoms in total. The van der Waals surface area contributed by atoms with Gasteiger partial charge in [0.1, 0.15) is 12.2 Å². The number of nitrogens with one attached hydrogen (secondary N) is 2. The van der Waals surface area contributed by atoms with Gasteiger partial charge in [-0.3, -0.25) is 0 Å². The highest BCUT2D eigenvalue weighted by atomic mass is 32.2. The molecule has 0 amide bonds. The van der Waals surface area contributed by atoms with E-state index in [9.17, 15) is 8.42 Å². The van der Waals surface area contributed by atoms with Gasteiger partial charge in [0.2, 0.25) is 0 Å². The van der Waals surface area contributed by atoms with E-state index in [4.69, 9.17) is 0 Å². The van der Waals surface area contributed by atoms with Gasteiger partial charge in [0.05, 0.1) is 6.54 Å². The quantitative estimate of drug-likeness (QED) is 0.579. The van der Waals surface area contributed by atoms with Crippen molar-refractivity contribution in [2.45, 2.75) is 26.4 Å². The summed E-state index contributed by atoms with van der Waals surface area (Å²) in [5.41, 5.74) is 0. The SMILES string of the molecule is CCn1cnnc1CNS(=O)(=O)N(C)CCCNC. The van der Waals surface area contributed by atoms with Crippen LogP contribution in [0.25, 0.3) is 0 Å². The van der Waals surface area contributed by atoms with Gasteiger partial charge in [-0.1, -0.05) is 0 Å². The summed E-state index contributed by atoms with van der Waals surface area (Å²) in [7, 11) is -0.0717. The monoisotopic (exact) mass is 290 g/mol. The van der Waals surface area contributed by atoms with Crippen molar-refractivity contribution in [3.8, 4) is 0 Å². The number of aryl methyl sites for hydroxylation is 1. The van der Waals surface area contributed by atoms with Crippen LogP contribution in [0.2, 0.25) is 0 Å². The van der Waals surface area contributed by atoms with Gasteiger partial charge in [-0.25, -0.2) is 0 Å². The molecule has 0 aliphatic heterocycles. The molecule has 1 rings (SSSR count). The Hall–Kier alpha value is -1.03. The molecular weight excluding hydrogens is 268 g/mol. The third-order valence-corrected chi connectivity index (χ3v) is 4.27. The van der Waals surface area contributed by atoms with Crippen molar-refractivity contribution in [3.63, 3.8) is 0 Å². The summed E-state index contributed by atoms with van der Waals surface area (Å²) < 4.78 is 29.5. The van der Waals surface area contributed by atoms with Crippen molar-refractivity contribution >= 4 is 10.2 Å². The number of aromatic nitrogens is 3. The fourth-order valence-electron chi connectivity index (χ4n) is 1.54. The maximum Gasteiger partial charge on any atom is 0.279 e. The molecule has 2 N–H and O–H groups in total. The first-order valence-corrected chi connectivity index (χ1v) is 7.67. The van der Waals surface area contributed by atoms with Gasteiger partial charge < -0.3 is 9.88 Å². The molecule has 1 aromatic rings. The number of rotatable bonds is 9. The van der Waals surface area contributed by atoms with Crippen molar-refractivity contribution in [1.29, 1.82) is 0 Å². The molecule has 0 spiro atoms. The number of hydrogen-bond acceptors (Lipinski definition) is 5. The Morgan fingerprint density at radius 1 is 1.47 bits per heavy atom. The molecule has 0 atom stereocenters. The predicted molar refractivity (Wildman–Crippen MR) is 72.6 cm³/mol. The molecule has 0 radical (unpaired) electrons. The highest BCUT2D eigenvalue weighted by Crippen LogP contribution is 1.99. The minimum atomic E-state index is -3.47. The van der Waals surface area contributed by atoms with Crippen LogP contribution in [0, 0.1) is 0 Å². The van der Waals surface area contributed by atoms with Crippen LogP contribution in [0.1, 0.15) is 19.2 Å². The van der Waals surface area contributed by atoms with Crippen molar-refractivity contribution < 1.29 is 8.42 Å². The predicted octanol–water partition coefficient (Wildman–Crippen LogP) is -0.826. The molecule has 0 saturated carbocycles. The lowest BCUT2D eigenvalue weighted by Gasteiger charge is -2.17. The fraction of sp³-hybridized carbons (Fsp3) is 0.800. The first kappa shape index (κ1) is 16.0. The van der Waals surface area contributed by atoms with E-state index in [1.54, 1.807) is 17.9 Å². The van der Waals surface area contributed by atoms with Gasteiger partial charge in [0.15, 0.2) is 0 Å². The smallest absolute Gasteiger partial charge is 0.279 e. The Morgan fingerprint density at radius 2 is 2.21 bits per heavy atom.